The van der Waals surface area contributed by atoms with E-state index in [4.69, 9.17) is 9.15 Å². The molecule has 0 spiro atoms. The van der Waals surface area contributed by atoms with Crippen molar-refractivity contribution in [2.45, 2.75) is 95.5 Å². The van der Waals surface area contributed by atoms with E-state index in [0.717, 1.165) is 37.7 Å². The maximum atomic E-state index is 14.0. The van der Waals surface area contributed by atoms with Gasteiger partial charge in [-0.1, -0.05) is 44.1 Å². The minimum absolute atomic E-state index is 0.0912. The van der Waals surface area contributed by atoms with Gasteiger partial charge in [0.05, 0.1) is 23.3 Å². The molecule has 0 radical (unpaired) electrons. The first-order valence-corrected chi connectivity index (χ1v) is 16.7. The molecule has 0 unspecified atom stereocenters. The van der Waals surface area contributed by atoms with Gasteiger partial charge in [0, 0.05) is 18.8 Å². The number of hydrogen-bond acceptors (Lipinski definition) is 8. The topological polar surface area (TPSA) is 136 Å². The Morgan fingerprint density at radius 2 is 1.98 bits per heavy atom. The summed E-state index contributed by atoms with van der Waals surface area (Å²) in [6, 6.07) is 4.84. The fraction of sp³-hybridized carbons (Fsp3) is 0.613. The average Bonchev–Trinajstić information content (AvgIpc) is 3.83. The standard InChI is InChI=1S/C31H39N3O7S/c1-19-10-8-12-26-27(19)32-30(41-26)40-22-15-24-25(35)17-31(29(37)33-42(38,39)23-13-14-23)16-21(31)11-7-5-3-4-6-9-20(2)28(36)34(24)18-22/h7-8,10-12,20-24H,3-6,9,13-18H2,1-2H3,(H,33,37)/b11-7-/t20-,21+,22+,24-,31+/m0/s1. The Balaban J connectivity index is 1.25. The van der Waals surface area contributed by atoms with Gasteiger partial charge in [-0.3, -0.25) is 19.1 Å². The summed E-state index contributed by atoms with van der Waals surface area (Å²) in [5, 5.41) is -0.540. The van der Waals surface area contributed by atoms with Crippen LogP contribution in [-0.2, 0) is 24.4 Å². The normalized spacial score (nSPS) is 31.5. The molecule has 226 valence electrons. The minimum atomic E-state index is -3.76. The highest BCUT2D eigenvalue weighted by Gasteiger charge is 2.61. The summed E-state index contributed by atoms with van der Waals surface area (Å²) in [5.74, 6) is -1.45. The monoisotopic (exact) mass is 597 g/mol. The highest BCUT2D eigenvalue weighted by molar-refractivity contribution is 7.90. The lowest BCUT2D eigenvalue weighted by molar-refractivity contribution is -0.141. The molecule has 3 heterocycles. The lowest BCUT2D eigenvalue weighted by Gasteiger charge is -2.27. The van der Waals surface area contributed by atoms with Gasteiger partial charge in [-0.15, -0.1) is 0 Å². The Bertz CT molecular complexity index is 1530. The summed E-state index contributed by atoms with van der Waals surface area (Å²) in [7, 11) is -3.76. The number of aromatic nitrogens is 1. The van der Waals surface area contributed by atoms with Gasteiger partial charge in [0.2, 0.25) is 21.8 Å². The number of oxazole rings is 1. The third-order valence-corrected chi connectivity index (χ3v) is 11.2. The van der Waals surface area contributed by atoms with Gasteiger partial charge in [0.1, 0.15) is 11.6 Å². The van der Waals surface area contributed by atoms with Crippen molar-refractivity contribution in [1.29, 1.82) is 0 Å². The van der Waals surface area contributed by atoms with Crippen LogP contribution in [0.15, 0.2) is 34.8 Å². The number of nitrogens with one attached hydrogen (secondary N) is 1. The Hall–Kier alpha value is -3.21. The molecule has 5 atom stereocenters. The molecule has 11 heteroatoms. The number of para-hydroxylation sites is 1. The number of nitrogens with zero attached hydrogens (tertiary/aromatic N) is 2. The largest absolute Gasteiger partial charge is 0.445 e. The van der Waals surface area contributed by atoms with E-state index in [1.165, 1.54) is 0 Å². The predicted molar refractivity (Wildman–Crippen MR) is 155 cm³/mol. The van der Waals surface area contributed by atoms with E-state index in [1.807, 2.05) is 44.2 Å². The maximum absolute atomic E-state index is 14.0. The van der Waals surface area contributed by atoms with E-state index >= 15 is 0 Å². The van der Waals surface area contributed by atoms with Crippen molar-refractivity contribution in [3.8, 4) is 6.08 Å². The highest BCUT2D eigenvalue weighted by Crippen LogP contribution is 2.57. The third kappa shape index (κ3) is 5.72. The lowest BCUT2D eigenvalue weighted by atomic mass is 9.91. The van der Waals surface area contributed by atoms with Gasteiger partial charge in [0.15, 0.2) is 11.4 Å². The summed E-state index contributed by atoms with van der Waals surface area (Å²) in [6.45, 7) is 4.03. The zero-order valence-corrected chi connectivity index (χ0v) is 25.0. The second kappa shape index (κ2) is 11.1. The van der Waals surface area contributed by atoms with Crippen LogP contribution in [-0.4, -0.2) is 59.8 Å². The van der Waals surface area contributed by atoms with E-state index < -0.39 is 38.7 Å². The van der Waals surface area contributed by atoms with Gasteiger partial charge in [-0.2, -0.15) is 4.98 Å². The molecule has 1 saturated heterocycles. The van der Waals surface area contributed by atoms with Crippen LogP contribution in [0.3, 0.4) is 0 Å². The molecular weight excluding hydrogens is 558 g/mol. The lowest BCUT2D eigenvalue weighted by Crippen LogP contribution is -2.46. The quantitative estimate of drug-likeness (QED) is 0.506. The molecule has 2 amide bonds. The minimum Gasteiger partial charge on any atom is -0.445 e. The van der Waals surface area contributed by atoms with Gasteiger partial charge in [0.25, 0.3) is 0 Å². The zero-order chi connectivity index (χ0) is 29.6. The van der Waals surface area contributed by atoms with Crippen molar-refractivity contribution in [3.05, 3.63) is 35.9 Å². The van der Waals surface area contributed by atoms with Crippen LogP contribution in [0.25, 0.3) is 11.1 Å². The van der Waals surface area contributed by atoms with Gasteiger partial charge in [-0.25, -0.2) is 8.42 Å². The third-order valence-electron chi connectivity index (χ3n) is 9.36. The van der Waals surface area contributed by atoms with Gasteiger partial charge >= 0.3 is 6.08 Å². The Morgan fingerprint density at radius 3 is 2.74 bits per heavy atom. The van der Waals surface area contributed by atoms with Crippen molar-refractivity contribution >= 4 is 38.7 Å². The molecule has 1 N–H and O–H groups in total. The summed E-state index contributed by atoms with van der Waals surface area (Å²) in [4.78, 5) is 47.2. The summed E-state index contributed by atoms with van der Waals surface area (Å²) in [5.41, 5.74) is 1.11. The van der Waals surface area contributed by atoms with Crippen LogP contribution in [0.4, 0.5) is 0 Å². The van der Waals surface area contributed by atoms with E-state index in [2.05, 4.69) is 9.71 Å². The predicted octanol–water partition coefficient (Wildman–Crippen LogP) is 4.21. The second-order valence-corrected chi connectivity index (χ2v) is 14.6. The SMILES string of the molecule is Cc1cccc2oc(O[C@@H]3C[C@H]4C(=O)C[C@]5(C(=O)NS(=O)(=O)C6CC6)C[C@H]5/C=C\CCCCC[C@H](C)C(=O)N4C3)nc12. The van der Waals surface area contributed by atoms with Crippen molar-refractivity contribution in [1.82, 2.24) is 14.6 Å². The van der Waals surface area contributed by atoms with Crippen LogP contribution in [0.2, 0.25) is 0 Å². The molecule has 0 bridgehead atoms. The molecule has 2 aromatic rings. The molecule has 4 aliphatic rings. The summed E-state index contributed by atoms with van der Waals surface area (Å²) in [6.07, 6.45) is 9.59. The highest BCUT2D eigenvalue weighted by atomic mass is 32.2. The molecule has 3 fully saturated rings. The molecular formula is C31H39N3O7S. The Kier molecular flexibility index (Phi) is 7.66. The fourth-order valence-corrected chi connectivity index (χ4v) is 7.88. The number of aryl methyl sites for hydroxylation is 1. The first-order chi connectivity index (χ1) is 20.1. The van der Waals surface area contributed by atoms with Crippen molar-refractivity contribution in [2.24, 2.45) is 17.3 Å². The number of Topliss-reactive ketones (excluding diaryl/α,β-unsaturated/α-hetero) is 1. The van der Waals surface area contributed by atoms with E-state index in [1.54, 1.807) is 4.90 Å². The number of hydrogen-bond donors (Lipinski definition) is 1. The average molecular weight is 598 g/mol. The van der Waals surface area contributed by atoms with Crippen LogP contribution in [0, 0.1) is 24.2 Å². The number of fused-ring (bicyclic) bond motifs is 3. The number of rotatable bonds is 5. The molecule has 1 aromatic heterocycles. The molecule has 2 saturated carbocycles. The number of carbonyl (C=O) groups is 3. The number of amides is 2. The second-order valence-electron chi connectivity index (χ2n) is 12.6. The number of sulfonamides is 1. The van der Waals surface area contributed by atoms with Gasteiger partial charge in [-0.05, 0) is 63.0 Å². The zero-order valence-electron chi connectivity index (χ0n) is 24.2. The van der Waals surface area contributed by atoms with Crippen LogP contribution >= 0.6 is 0 Å². The first-order valence-electron chi connectivity index (χ1n) is 15.2. The van der Waals surface area contributed by atoms with Crippen LogP contribution in [0.5, 0.6) is 6.08 Å². The van der Waals surface area contributed by atoms with Crippen LogP contribution < -0.4 is 9.46 Å². The molecule has 2 aliphatic carbocycles. The van der Waals surface area contributed by atoms with Crippen molar-refractivity contribution < 1.29 is 32.0 Å². The number of ketones is 1. The van der Waals surface area contributed by atoms with Crippen LogP contribution in [0.1, 0.15) is 76.7 Å². The van der Waals surface area contributed by atoms with Crippen molar-refractivity contribution in [3.63, 3.8) is 0 Å². The molecule has 2 aliphatic heterocycles. The van der Waals surface area contributed by atoms with E-state index in [0.29, 0.717) is 30.4 Å². The number of carbonyl (C=O) groups excluding carboxylic acids is 3. The number of allylic oxidation sites excluding steroid dienone is 2. The maximum Gasteiger partial charge on any atom is 0.395 e. The molecule has 10 nitrogen and oxygen atoms in total. The van der Waals surface area contributed by atoms with E-state index in [-0.39, 0.29) is 49.0 Å². The number of benzene rings is 1. The molecule has 6 rings (SSSR count). The van der Waals surface area contributed by atoms with Crippen molar-refractivity contribution in [2.75, 3.05) is 6.54 Å². The Labute approximate surface area is 246 Å². The molecule has 42 heavy (non-hydrogen) atoms. The summed E-state index contributed by atoms with van der Waals surface area (Å²) >= 11 is 0. The number of ether oxygens (including phenoxy) is 1. The Morgan fingerprint density at radius 1 is 1.17 bits per heavy atom. The van der Waals surface area contributed by atoms with Gasteiger partial charge < -0.3 is 14.1 Å². The smallest absolute Gasteiger partial charge is 0.395 e. The first kappa shape index (κ1) is 28.9. The fourth-order valence-electron chi connectivity index (χ4n) is 6.50. The van der Waals surface area contributed by atoms with E-state index in [9.17, 15) is 22.8 Å². The molecule has 1 aromatic carbocycles. The summed E-state index contributed by atoms with van der Waals surface area (Å²) < 4.78 is 39.5.